The van der Waals surface area contributed by atoms with Crippen molar-refractivity contribution in [2.24, 2.45) is 5.14 Å². The number of amides is 1. The molecule has 2 aliphatic heterocycles. The molecule has 2 saturated heterocycles. The zero-order chi connectivity index (χ0) is 30.0. The molecule has 11 heteroatoms. The van der Waals surface area contributed by atoms with Gasteiger partial charge in [-0.15, -0.1) is 0 Å². The Balaban J connectivity index is 1.19. The van der Waals surface area contributed by atoms with Crippen LogP contribution >= 0.6 is 0 Å². The van der Waals surface area contributed by atoms with Gasteiger partial charge in [-0.1, -0.05) is 42.5 Å². The molecule has 0 aliphatic carbocycles. The van der Waals surface area contributed by atoms with Gasteiger partial charge in [0.1, 0.15) is 11.6 Å². The second-order valence-electron chi connectivity index (χ2n) is 11.2. The molecular formula is C32H34FN5O4S. The Labute approximate surface area is 250 Å². The molecule has 2 aliphatic rings. The van der Waals surface area contributed by atoms with Gasteiger partial charge in [-0.3, -0.25) is 9.69 Å². The molecule has 2 fully saturated rings. The van der Waals surface area contributed by atoms with Crippen molar-refractivity contribution in [3.05, 3.63) is 113 Å². The summed E-state index contributed by atoms with van der Waals surface area (Å²) < 4.78 is 42.6. The summed E-state index contributed by atoms with van der Waals surface area (Å²) in [6.45, 7) is 3.67. The Kier molecular flexibility index (Phi) is 8.29. The van der Waals surface area contributed by atoms with E-state index in [9.17, 15) is 17.6 Å². The minimum absolute atomic E-state index is 0.00831. The number of hydrogen-bond acceptors (Lipinski definition) is 6. The van der Waals surface area contributed by atoms with Crippen LogP contribution in [0.15, 0.2) is 85.1 Å². The predicted octanol–water partition coefficient (Wildman–Crippen LogP) is 4.60. The first-order valence-electron chi connectivity index (χ1n) is 14.4. The fourth-order valence-electron chi connectivity index (χ4n) is 6.22. The molecule has 1 atom stereocenters. The second-order valence-corrected chi connectivity index (χ2v) is 12.4. The topological polar surface area (TPSA) is 111 Å². The Morgan fingerprint density at radius 3 is 2.26 bits per heavy atom. The molecule has 0 saturated carbocycles. The maximum Gasteiger partial charge on any atom is 0.380 e. The maximum absolute atomic E-state index is 14.0. The molecule has 3 aromatic carbocycles. The molecular weight excluding hydrogens is 569 g/mol. The number of halogens is 1. The summed E-state index contributed by atoms with van der Waals surface area (Å²) in [6.07, 6.45) is 4.25. The molecule has 4 aromatic rings. The van der Waals surface area contributed by atoms with Gasteiger partial charge in [0.2, 0.25) is 0 Å². The lowest BCUT2D eigenvalue weighted by Crippen LogP contribution is -2.34. The SMILES string of the molecule is NS(=O)(=O)Oc1ccc(CN2CCC(c3c(C(=O)N4CC[C@H](c5ccccc5)C4)cnn3-c3ccc(F)cc3)CC2)cc1. The molecule has 1 amide bonds. The van der Waals surface area contributed by atoms with E-state index in [0.717, 1.165) is 49.3 Å². The van der Waals surface area contributed by atoms with E-state index in [0.29, 0.717) is 31.1 Å². The number of carbonyl (C=O) groups is 1. The molecule has 0 radical (unpaired) electrons. The first kappa shape index (κ1) is 29.0. The van der Waals surface area contributed by atoms with Crippen LogP contribution in [0.1, 0.15) is 58.3 Å². The molecule has 6 rings (SSSR count). The van der Waals surface area contributed by atoms with E-state index in [-0.39, 0.29) is 23.4 Å². The Morgan fingerprint density at radius 2 is 1.58 bits per heavy atom. The third-order valence-corrected chi connectivity index (χ3v) is 8.80. The number of hydrogen-bond donors (Lipinski definition) is 1. The summed E-state index contributed by atoms with van der Waals surface area (Å²) in [5.74, 6) is 0.246. The van der Waals surface area contributed by atoms with Crippen molar-refractivity contribution in [3.8, 4) is 11.4 Å². The zero-order valence-electron chi connectivity index (χ0n) is 23.7. The van der Waals surface area contributed by atoms with Crippen LogP contribution in [0.3, 0.4) is 0 Å². The minimum atomic E-state index is -4.06. The van der Waals surface area contributed by atoms with Crippen molar-refractivity contribution in [1.29, 1.82) is 0 Å². The normalized spacial score (nSPS) is 18.2. The van der Waals surface area contributed by atoms with E-state index < -0.39 is 10.3 Å². The van der Waals surface area contributed by atoms with E-state index >= 15 is 0 Å². The third-order valence-electron chi connectivity index (χ3n) is 8.37. The Hall–Kier alpha value is -4.06. The molecule has 224 valence electrons. The van der Waals surface area contributed by atoms with Crippen molar-refractivity contribution in [3.63, 3.8) is 0 Å². The summed E-state index contributed by atoms with van der Waals surface area (Å²) in [6, 6.07) is 23.4. The van der Waals surface area contributed by atoms with E-state index in [1.807, 2.05) is 39.9 Å². The lowest BCUT2D eigenvalue weighted by molar-refractivity contribution is 0.0788. The van der Waals surface area contributed by atoms with E-state index in [1.54, 1.807) is 30.5 Å². The monoisotopic (exact) mass is 603 g/mol. The Morgan fingerprint density at radius 1 is 0.907 bits per heavy atom. The number of nitrogens with two attached hydrogens (primary N) is 1. The fraction of sp³-hybridized carbons (Fsp3) is 0.312. The van der Waals surface area contributed by atoms with Gasteiger partial charge >= 0.3 is 10.3 Å². The van der Waals surface area contributed by atoms with Crippen LogP contribution in [0.5, 0.6) is 5.75 Å². The van der Waals surface area contributed by atoms with Crippen molar-refractivity contribution < 1.29 is 21.8 Å². The number of aromatic nitrogens is 2. The first-order chi connectivity index (χ1) is 20.7. The van der Waals surface area contributed by atoms with Crippen molar-refractivity contribution in [2.45, 2.75) is 37.6 Å². The smallest absolute Gasteiger partial charge is 0.371 e. The molecule has 1 aromatic heterocycles. The van der Waals surface area contributed by atoms with Gasteiger partial charge in [-0.25, -0.2) is 9.07 Å². The van der Waals surface area contributed by atoms with Crippen molar-refractivity contribution in [2.75, 3.05) is 26.2 Å². The van der Waals surface area contributed by atoms with E-state index in [1.165, 1.54) is 17.7 Å². The fourth-order valence-corrected chi connectivity index (χ4v) is 6.60. The van der Waals surface area contributed by atoms with Crippen LogP contribution in [0.2, 0.25) is 0 Å². The molecule has 43 heavy (non-hydrogen) atoms. The van der Waals surface area contributed by atoms with Gasteiger partial charge in [-0.05, 0) is 79.9 Å². The van der Waals surface area contributed by atoms with Crippen LogP contribution in [-0.2, 0) is 16.8 Å². The van der Waals surface area contributed by atoms with Gasteiger partial charge < -0.3 is 9.08 Å². The van der Waals surface area contributed by atoms with Crippen LogP contribution in [0.4, 0.5) is 4.39 Å². The number of rotatable bonds is 8. The lowest BCUT2D eigenvalue weighted by Gasteiger charge is -2.33. The summed E-state index contributed by atoms with van der Waals surface area (Å²) in [5, 5.41) is 9.60. The third kappa shape index (κ3) is 6.79. The van der Waals surface area contributed by atoms with E-state index in [4.69, 9.17) is 9.32 Å². The number of piperidine rings is 1. The number of benzene rings is 3. The highest BCUT2D eigenvalue weighted by molar-refractivity contribution is 7.84. The highest BCUT2D eigenvalue weighted by atomic mass is 32.2. The molecule has 0 bridgehead atoms. The highest BCUT2D eigenvalue weighted by Crippen LogP contribution is 2.35. The zero-order valence-corrected chi connectivity index (χ0v) is 24.5. The lowest BCUT2D eigenvalue weighted by atomic mass is 9.90. The molecule has 9 nitrogen and oxygen atoms in total. The van der Waals surface area contributed by atoms with Gasteiger partial charge in [0.25, 0.3) is 5.91 Å². The number of likely N-dealkylation sites (tertiary alicyclic amines) is 2. The first-order valence-corrected chi connectivity index (χ1v) is 15.9. The van der Waals surface area contributed by atoms with Gasteiger partial charge in [-0.2, -0.15) is 18.7 Å². The van der Waals surface area contributed by atoms with Crippen molar-refractivity contribution in [1.82, 2.24) is 19.6 Å². The van der Waals surface area contributed by atoms with Gasteiger partial charge in [0.15, 0.2) is 0 Å². The van der Waals surface area contributed by atoms with E-state index in [2.05, 4.69) is 22.1 Å². The van der Waals surface area contributed by atoms with Crippen LogP contribution in [0.25, 0.3) is 5.69 Å². The van der Waals surface area contributed by atoms with Crippen LogP contribution in [0, 0.1) is 5.82 Å². The summed E-state index contributed by atoms with van der Waals surface area (Å²) >= 11 is 0. The largest absolute Gasteiger partial charge is 0.380 e. The average Bonchev–Trinajstić information content (AvgIpc) is 3.67. The molecule has 3 heterocycles. The standard InChI is InChI=1S/C32H34FN5O4S/c33-27-8-10-28(11-9-27)38-31(30(20-35-38)32(39)37-19-16-26(22-37)24-4-2-1-3-5-24)25-14-17-36(18-15-25)21-23-6-12-29(13-7-23)42-43(34,40)41/h1-13,20,25-26H,14-19,21-22H2,(H2,34,40,41)/t26-/m0/s1. The number of carbonyl (C=O) groups excluding carboxylic acids is 1. The van der Waals surface area contributed by atoms with Crippen molar-refractivity contribution >= 4 is 16.2 Å². The Bertz CT molecular complexity index is 1670. The minimum Gasteiger partial charge on any atom is -0.371 e. The number of nitrogens with zero attached hydrogens (tertiary/aromatic N) is 4. The molecule has 2 N–H and O–H groups in total. The summed E-state index contributed by atoms with van der Waals surface area (Å²) in [7, 11) is -4.06. The predicted molar refractivity (Wildman–Crippen MR) is 161 cm³/mol. The highest BCUT2D eigenvalue weighted by Gasteiger charge is 2.34. The maximum atomic E-state index is 14.0. The van der Waals surface area contributed by atoms with Gasteiger partial charge in [0.05, 0.1) is 23.1 Å². The second kappa shape index (κ2) is 12.3. The average molecular weight is 604 g/mol. The van der Waals surface area contributed by atoms with Crippen LogP contribution in [-0.4, -0.2) is 60.1 Å². The quantitative estimate of drug-likeness (QED) is 0.315. The molecule has 0 unspecified atom stereocenters. The summed E-state index contributed by atoms with van der Waals surface area (Å²) in [4.78, 5) is 18.2. The van der Waals surface area contributed by atoms with Crippen LogP contribution < -0.4 is 9.32 Å². The van der Waals surface area contributed by atoms with Gasteiger partial charge in [0, 0.05) is 31.5 Å². The summed E-state index contributed by atoms with van der Waals surface area (Å²) in [5.41, 5.74) is 4.49. The molecule has 0 spiro atoms.